The molecule has 0 radical (unpaired) electrons. The van der Waals surface area contributed by atoms with Gasteiger partial charge in [0.2, 0.25) is 0 Å². The zero-order valence-corrected chi connectivity index (χ0v) is 12.9. The second-order valence-electron chi connectivity index (χ2n) is 5.21. The van der Waals surface area contributed by atoms with Crippen molar-refractivity contribution in [2.24, 2.45) is 11.7 Å². The third kappa shape index (κ3) is 3.26. The van der Waals surface area contributed by atoms with E-state index in [4.69, 9.17) is 26.8 Å². The number of hydrogen-bond acceptors (Lipinski definition) is 4. The van der Waals surface area contributed by atoms with Gasteiger partial charge >= 0.3 is 0 Å². The standard InChI is InChI=1S/C15H23ClN2O2/c1-19-10-11-6-7-18(9-11)13(8-17)15-12(16)4-3-5-14(15)20-2/h3-5,11,13H,6-10,17H2,1-2H3. The molecule has 0 aromatic heterocycles. The van der Waals surface area contributed by atoms with E-state index in [2.05, 4.69) is 4.90 Å². The zero-order valence-electron chi connectivity index (χ0n) is 12.1. The van der Waals surface area contributed by atoms with Gasteiger partial charge in [0.1, 0.15) is 5.75 Å². The van der Waals surface area contributed by atoms with Crippen LogP contribution in [0.5, 0.6) is 5.75 Å². The van der Waals surface area contributed by atoms with Crippen LogP contribution in [0.15, 0.2) is 18.2 Å². The molecule has 2 N–H and O–H groups in total. The summed E-state index contributed by atoms with van der Waals surface area (Å²) in [6.07, 6.45) is 1.14. The van der Waals surface area contributed by atoms with Crippen molar-refractivity contribution in [2.75, 3.05) is 40.5 Å². The van der Waals surface area contributed by atoms with Crippen molar-refractivity contribution >= 4 is 11.6 Å². The molecule has 1 aromatic rings. The van der Waals surface area contributed by atoms with Gasteiger partial charge in [-0.1, -0.05) is 17.7 Å². The molecule has 1 aliphatic rings. The van der Waals surface area contributed by atoms with Crippen LogP contribution in [0.4, 0.5) is 0 Å². The molecule has 0 spiro atoms. The number of halogens is 1. The number of likely N-dealkylation sites (tertiary alicyclic amines) is 1. The lowest BCUT2D eigenvalue weighted by molar-refractivity contribution is 0.147. The van der Waals surface area contributed by atoms with Crippen LogP contribution >= 0.6 is 11.6 Å². The molecule has 1 heterocycles. The van der Waals surface area contributed by atoms with Gasteiger partial charge in [-0.25, -0.2) is 0 Å². The van der Waals surface area contributed by atoms with E-state index >= 15 is 0 Å². The predicted octanol–water partition coefficient (Wildman–Crippen LogP) is 2.32. The van der Waals surface area contributed by atoms with E-state index in [0.717, 1.165) is 42.5 Å². The Hall–Kier alpha value is -0.810. The Morgan fingerprint density at radius 3 is 2.90 bits per heavy atom. The molecule has 112 valence electrons. The van der Waals surface area contributed by atoms with Crippen molar-refractivity contribution in [3.63, 3.8) is 0 Å². The van der Waals surface area contributed by atoms with Gasteiger partial charge in [0, 0.05) is 30.8 Å². The number of rotatable bonds is 6. The fourth-order valence-corrected chi connectivity index (χ4v) is 3.28. The zero-order chi connectivity index (χ0) is 14.5. The van der Waals surface area contributed by atoms with Gasteiger partial charge in [-0.05, 0) is 31.0 Å². The maximum Gasteiger partial charge on any atom is 0.125 e. The average Bonchev–Trinajstić information content (AvgIpc) is 2.90. The van der Waals surface area contributed by atoms with Crippen LogP contribution in [0.1, 0.15) is 18.0 Å². The minimum absolute atomic E-state index is 0.0977. The van der Waals surface area contributed by atoms with Crippen molar-refractivity contribution in [3.05, 3.63) is 28.8 Å². The number of methoxy groups -OCH3 is 2. The van der Waals surface area contributed by atoms with E-state index in [-0.39, 0.29) is 6.04 Å². The lowest BCUT2D eigenvalue weighted by Crippen LogP contribution is -2.33. The molecular weight excluding hydrogens is 276 g/mol. The van der Waals surface area contributed by atoms with Crippen molar-refractivity contribution in [3.8, 4) is 5.75 Å². The Morgan fingerprint density at radius 2 is 2.25 bits per heavy atom. The number of ether oxygens (including phenoxy) is 2. The Kier molecular flexibility index (Phi) is 5.66. The summed E-state index contributed by atoms with van der Waals surface area (Å²) in [6.45, 7) is 3.33. The molecule has 20 heavy (non-hydrogen) atoms. The molecule has 1 aliphatic heterocycles. The summed E-state index contributed by atoms with van der Waals surface area (Å²) in [7, 11) is 3.42. The van der Waals surface area contributed by atoms with Gasteiger partial charge in [0.05, 0.1) is 19.8 Å². The maximum atomic E-state index is 6.37. The molecular formula is C15H23ClN2O2. The lowest BCUT2D eigenvalue weighted by atomic mass is 10.0. The highest BCUT2D eigenvalue weighted by Crippen LogP contribution is 2.37. The Balaban J connectivity index is 2.21. The van der Waals surface area contributed by atoms with Crippen LogP contribution in [0, 0.1) is 5.92 Å². The van der Waals surface area contributed by atoms with Gasteiger partial charge in [0.25, 0.3) is 0 Å². The first-order chi connectivity index (χ1) is 9.71. The molecule has 2 rings (SSSR count). The Bertz CT molecular complexity index is 442. The lowest BCUT2D eigenvalue weighted by Gasteiger charge is -2.29. The second-order valence-corrected chi connectivity index (χ2v) is 5.62. The van der Waals surface area contributed by atoms with Gasteiger partial charge in [-0.15, -0.1) is 0 Å². The van der Waals surface area contributed by atoms with Crippen LogP contribution < -0.4 is 10.5 Å². The molecule has 5 heteroatoms. The molecule has 0 bridgehead atoms. The van der Waals surface area contributed by atoms with Gasteiger partial charge < -0.3 is 15.2 Å². The SMILES string of the molecule is COCC1CCN(C(CN)c2c(Cl)cccc2OC)C1. The van der Waals surface area contributed by atoms with E-state index < -0.39 is 0 Å². The second kappa shape index (κ2) is 7.27. The first-order valence-electron chi connectivity index (χ1n) is 6.96. The third-order valence-corrected chi connectivity index (χ3v) is 4.28. The third-order valence-electron chi connectivity index (χ3n) is 3.95. The first kappa shape index (κ1) is 15.6. The molecule has 1 aromatic carbocycles. The van der Waals surface area contributed by atoms with Gasteiger partial charge in [0.15, 0.2) is 0 Å². The van der Waals surface area contributed by atoms with E-state index in [0.29, 0.717) is 12.5 Å². The molecule has 2 atom stereocenters. The monoisotopic (exact) mass is 298 g/mol. The van der Waals surface area contributed by atoms with E-state index in [1.807, 2.05) is 18.2 Å². The predicted molar refractivity (Wildman–Crippen MR) is 81.4 cm³/mol. The summed E-state index contributed by atoms with van der Waals surface area (Å²) >= 11 is 6.37. The summed E-state index contributed by atoms with van der Waals surface area (Å²) < 4.78 is 10.7. The van der Waals surface area contributed by atoms with Crippen LogP contribution in [0.25, 0.3) is 0 Å². The van der Waals surface area contributed by atoms with Crippen LogP contribution in [-0.4, -0.2) is 45.4 Å². The quantitative estimate of drug-likeness (QED) is 0.875. The first-order valence-corrected chi connectivity index (χ1v) is 7.34. The molecule has 0 amide bonds. The average molecular weight is 299 g/mol. The summed E-state index contributed by atoms with van der Waals surface area (Å²) in [5.74, 6) is 1.38. The fraction of sp³-hybridized carbons (Fsp3) is 0.600. The molecule has 0 saturated carbocycles. The number of benzene rings is 1. The maximum absolute atomic E-state index is 6.37. The minimum atomic E-state index is 0.0977. The highest BCUT2D eigenvalue weighted by molar-refractivity contribution is 6.31. The van der Waals surface area contributed by atoms with Crippen molar-refractivity contribution in [1.82, 2.24) is 4.90 Å². The fourth-order valence-electron chi connectivity index (χ4n) is 2.99. The van der Waals surface area contributed by atoms with E-state index in [1.54, 1.807) is 14.2 Å². The summed E-state index contributed by atoms with van der Waals surface area (Å²) in [5, 5.41) is 0.718. The Labute approximate surface area is 125 Å². The summed E-state index contributed by atoms with van der Waals surface area (Å²) in [4.78, 5) is 2.38. The van der Waals surface area contributed by atoms with Gasteiger partial charge in [-0.3, -0.25) is 4.90 Å². The number of nitrogens with two attached hydrogens (primary N) is 1. The smallest absolute Gasteiger partial charge is 0.125 e. The molecule has 0 aliphatic carbocycles. The summed E-state index contributed by atoms with van der Waals surface area (Å²) in [5.41, 5.74) is 7.01. The number of hydrogen-bond donors (Lipinski definition) is 1. The normalized spacial score (nSPS) is 21.1. The number of nitrogens with zero attached hydrogens (tertiary/aromatic N) is 1. The van der Waals surface area contributed by atoms with Crippen LogP contribution in [0.2, 0.25) is 5.02 Å². The van der Waals surface area contributed by atoms with Crippen molar-refractivity contribution in [1.29, 1.82) is 0 Å². The largest absolute Gasteiger partial charge is 0.496 e. The molecule has 1 saturated heterocycles. The Morgan fingerprint density at radius 1 is 1.45 bits per heavy atom. The molecule has 4 nitrogen and oxygen atoms in total. The van der Waals surface area contributed by atoms with Gasteiger partial charge in [-0.2, -0.15) is 0 Å². The highest BCUT2D eigenvalue weighted by Gasteiger charge is 2.31. The van der Waals surface area contributed by atoms with E-state index in [1.165, 1.54) is 0 Å². The summed E-state index contributed by atoms with van der Waals surface area (Å²) in [6, 6.07) is 5.83. The minimum Gasteiger partial charge on any atom is -0.496 e. The molecule has 2 unspecified atom stereocenters. The van der Waals surface area contributed by atoms with Crippen LogP contribution in [0.3, 0.4) is 0 Å². The van der Waals surface area contributed by atoms with Crippen molar-refractivity contribution < 1.29 is 9.47 Å². The topological polar surface area (TPSA) is 47.7 Å². The molecule has 1 fully saturated rings. The highest BCUT2D eigenvalue weighted by atomic mass is 35.5. The van der Waals surface area contributed by atoms with Crippen molar-refractivity contribution in [2.45, 2.75) is 12.5 Å². The van der Waals surface area contributed by atoms with Crippen LogP contribution in [-0.2, 0) is 4.74 Å². The van der Waals surface area contributed by atoms with E-state index in [9.17, 15) is 0 Å².